The highest BCUT2D eigenvalue weighted by atomic mass is 16.5. The fraction of sp³-hybridized carbons (Fsp3) is 0.259. The molecule has 2 N–H and O–H groups in total. The van der Waals surface area contributed by atoms with Crippen LogP contribution in [0.5, 0.6) is 11.5 Å². The number of carbonyl (C=O) groups is 2. The molecule has 0 aliphatic heterocycles. The third-order valence-corrected chi connectivity index (χ3v) is 5.13. The molecule has 0 aliphatic carbocycles. The second-order valence-electron chi connectivity index (χ2n) is 7.92. The van der Waals surface area contributed by atoms with Gasteiger partial charge in [-0.3, -0.25) is 20.4 Å². The van der Waals surface area contributed by atoms with Crippen molar-refractivity contribution in [3.05, 3.63) is 84.4 Å². The van der Waals surface area contributed by atoms with Crippen molar-refractivity contribution in [2.75, 3.05) is 6.61 Å². The van der Waals surface area contributed by atoms with Gasteiger partial charge in [-0.25, -0.2) is 0 Å². The van der Waals surface area contributed by atoms with Gasteiger partial charge in [0.15, 0.2) is 12.7 Å². The van der Waals surface area contributed by atoms with Crippen LogP contribution in [0.15, 0.2) is 78.9 Å². The van der Waals surface area contributed by atoms with Crippen LogP contribution >= 0.6 is 0 Å². The first-order valence-corrected chi connectivity index (χ1v) is 11.1. The van der Waals surface area contributed by atoms with Crippen LogP contribution in [0.25, 0.3) is 11.1 Å². The summed E-state index contributed by atoms with van der Waals surface area (Å²) in [7, 11) is 0. The summed E-state index contributed by atoms with van der Waals surface area (Å²) < 4.78 is 11.5. The molecule has 0 saturated carbocycles. The Balaban J connectivity index is 1.49. The molecule has 0 aliphatic rings. The van der Waals surface area contributed by atoms with Gasteiger partial charge in [0.2, 0.25) is 0 Å². The van der Waals surface area contributed by atoms with Crippen LogP contribution in [-0.2, 0) is 9.59 Å². The molecule has 0 aromatic heterocycles. The molecule has 33 heavy (non-hydrogen) atoms. The summed E-state index contributed by atoms with van der Waals surface area (Å²) in [6.45, 7) is 5.75. The lowest BCUT2D eigenvalue weighted by Crippen LogP contribution is -2.49. The normalized spacial score (nSPS) is 11.5. The van der Waals surface area contributed by atoms with E-state index in [0.717, 1.165) is 16.7 Å². The SMILES string of the molecule is CCC(Oc1ccc(-c2ccccc2)cc1)C(=O)NNC(=O)COc1ccccc1C(C)C. The van der Waals surface area contributed by atoms with Crippen molar-refractivity contribution in [3.63, 3.8) is 0 Å². The quantitative estimate of drug-likeness (QED) is 0.460. The highest BCUT2D eigenvalue weighted by Gasteiger charge is 2.19. The monoisotopic (exact) mass is 446 g/mol. The van der Waals surface area contributed by atoms with Gasteiger partial charge in [-0.1, -0.05) is 81.4 Å². The summed E-state index contributed by atoms with van der Waals surface area (Å²) in [6.07, 6.45) is -0.295. The number of carbonyl (C=O) groups excluding carboxylic acids is 2. The number of amides is 2. The third kappa shape index (κ3) is 6.84. The Labute approximate surface area is 194 Å². The largest absolute Gasteiger partial charge is 0.483 e. The molecule has 3 rings (SSSR count). The number of hydrogen-bond acceptors (Lipinski definition) is 4. The van der Waals surface area contributed by atoms with Crippen molar-refractivity contribution in [1.29, 1.82) is 0 Å². The van der Waals surface area contributed by atoms with Gasteiger partial charge in [0.05, 0.1) is 0 Å². The van der Waals surface area contributed by atoms with Crippen LogP contribution in [0, 0.1) is 0 Å². The molecule has 0 radical (unpaired) electrons. The molecule has 0 spiro atoms. The first-order valence-electron chi connectivity index (χ1n) is 11.1. The van der Waals surface area contributed by atoms with Crippen LogP contribution in [0.3, 0.4) is 0 Å². The molecule has 1 unspecified atom stereocenters. The van der Waals surface area contributed by atoms with Gasteiger partial charge < -0.3 is 9.47 Å². The minimum Gasteiger partial charge on any atom is -0.483 e. The Hall–Kier alpha value is -3.80. The molecule has 3 aromatic carbocycles. The first-order chi connectivity index (χ1) is 16.0. The molecule has 6 nitrogen and oxygen atoms in total. The number of para-hydroxylation sites is 1. The zero-order chi connectivity index (χ0) is 23.6. The standard InChI is InChI=1S/C27H30N2O4/c1-4-24(33-22-16-14-21(15-17-22)20-10-6-5-7-11-20)27(31)29-28-26(30)18-32-25-13-9-8-12-23(25)19(2)3/h5-17,19,24H,4,18H2,1-3H3,(H,28,30)(H,29,31). The molecule has 2 amide bonds. The van der Waals surface area contributed by atoms with Crippen LogP contribution in [0.4, 0.5) is 0 Å². The van der Waals surface area contributed by atoms with Gasteiger partial charge in [0, 0.05) is 0 Å². The van der Waals surface area contributed by atoms with E-state index in [1.807, 2.05) is 85.8 Å². The van der Waals surface area contributed by atoms with E-state index in [4.69, 9.17) is 9.47 Å². The van der Waals surface area contributed by atoms with Crippen LogP contribution < -0.4 is 20.3 Å². The highest BCUT2D eigenvalue weighted by Crippen LogP contribution is 2.26. The Morgan fingerprint density at radius 1 is 0.818 bits per heavy atom. The lowest BCUT2D eigenvalue weighted by Gasteiger charge is -2.18. The van der Waals surface area contributed by atoms with Crippen molar-refractivity contribution < 1.29 is 19.1 Å². The van der Waals surface area contributed by atoms with Gasteiger partial charge >= 0.3 is 0 Å². The van der Waals surface area contributed by atoms with Crippen LogP contribution in [-0.4, -0.2) is 24.5 Å². The van der Waals surface area contributed by atoms with Gasteiger partial charge in [0.1, 0.15) is 11.5 Å². The van der Waals surface area contributed by atoms with Gasteiger partial charge in [-0.2, -0.15) is 0 Å². The van der Waals surface area contributed by atoms with Crippen LogP contribution in [0.1, 0.15) is 38.7 Å². The Morgan fingerprint density at radius 3 is 2.12 bits per heavy atom. The third-order valence-electron chi connectivity index (χ3n) is 5.13. The Morgan fingerprint density at radius 2 is 1.45 bits per heavy atom. The number of rotatable bonds is 9. The van der Waals surface area contributed by atoms with Crippen molar-refractivity contribution in [2.24, 2.45) is 0 Å². The second kappa shape index (κ2) is 11.7. The van der Waals surface area contributed by atoms with E-state index in [2.05, 4.69) is 24.7 Å². The molecule has 1 atom stereocenters. The van der Waals surface area contributed by atoms with Gasteiger partial charge in [-0.15, -0.1) is 0 Å². The van der Waals surface area contributed by atoms with E-state index in [9.17, 15) is 9.59 Å². The van der Waals surface area contributed by atoms with E-state index in [-0.39, 0.29) is 12.5 Å². The lowest BCUT2D eigenvalue weighted by molar-refractivity contribution is -0.134. The average molecular weight is 447 g/mol. The second-order valence-corrected chi connectivity index (χ2v) is 7.92. The van der Waals surface area contributed by atoms with E-state index < -0.39 is 17.9 Å². The maximum Gasteiger partial charge on any atom is 0.279 e. The molecule has 3 aromatic rings. The summed E-state index contributed by atoms with van der Waals surface area (Å²) in [5.74, 6) is 0.622. The maximum atomic E-state index is 12.5. The number of benzene rings is 3. The Kier molecular flexibility index (Phi) is 8.47. The molecular weight excluding hydrogens is 416 g/mol. The molecule has 0 saturated heterocycles. The van der Waals surface area contributed by atoms with Crippen molar-refractivity contribution in [2.45, 2.75) is 39.2 Å². The minimum absolute atomic E-state index is 0.206. The molecule has 172 valence electrons. The van der Waals surface area contributed by atoms with Gasteiger partial charge in [0.25, 0.3) is 11.8 Å². The molecule has 0 bridgehead atoms. The van der Waals surface area contributed by atoms with Gasteiger partial charge in [-0.05, 0) is 47.2 Å². The average Bonchev–Trinajstić information content (AvgIpc) is 2.85. The molecule has 0 fully saturated rings. The fourth-order valence-corrected chi connectivity index (χ4v) is 3.32. The summed E-state index contributed by atoms with van der Waals surface area (Å²) in [6, 6.07) is 25.2. The number of nitrogens with one attached hydrogen (secondary N) is 2. The lowest BCUT2D eigenvalue weighted by atomic mass is 10.0. The predicted octanol–water partition coefficient (Wildman–Crippen LogP) is 4.86. The van der Waals surface area contributed by atoms with E-state index in [0.29, 0.717) is 17.9 Å². The highest BCUT2D eigenvalue weighted by molar-refractivity contribution is 5.85. The minimum atomic E-state index is -0.740. The summed E-state index contributed by atoms with van der Waals surface area (Å²) in [5, 5.41) is 0. The van der Waals surface area contributed by atoms with Crippen LogP contribution in [0.2, 0.25) is 0 Å². The Bertz CT molecular complexity index is 1050. The summed E-state index contributed by atoms with van der Waals surface area (Å²) in [4.78, 5) is 24.6. The summed E-state index contributed by atoms with van der Waals surface area (Å²) >= 11 is 0. The number of hydrogen-bond donors (Lipinski definition) is 2. The molecule has 6 heteroatoms. The predicted molar refractivity (Wildman–Crippen MR) is 129 cm³/mol. The van der Waals surface area contributed by atoms with Crippen molar-refractivity contribution in [1.82, 2.24) is 10.9 Å². The first kappa shape index (κ1) is 23.9. The zero-order valence-electron chi connectivity index (χ0n) is 19.2. The van der Waals surface area contributed by atoms with Crippen molar-refractivity contribution >= 4 is 11.8 Å². The number of ether oxygens (including phenoxy) is 2. The summed E-state index contributed by atoms with van der Waals surface area (Å²) in [5.41, 5.74) is 8.00. The molecule has 0 heterocycles. The van der Waals surface area contributed by atoms with E-state index >= 15 is 0 Å². The molecular formula is C27H30N2O4. The van der Waals surface area contributed by atoms with E-state index in [1.165, 1.54) is 0 Å². The zero-order valence-corrected chi connectivity index (χ0v) is 19.2. The number of hydrazine groups is 1. The fourth-order valence-electron chi connectivity index (χ4n) is 3.32. The van der Waals surface area contributed by atoms with E-state index in [1.54, 1.807) is 0 Å². The topological polar surface area (TPSA) is 76.7 Å². The smallest absolute Gasteiger partial charge is 0.279 e. The maximum absolute atomic E-state index is 12.5. The van der Waals surface area contributed by atoms with Crippen molar-refractivity contribution in [3.8, 4) is 22.6 Å².